The quantitative estimate of drug-likeness (QED) is 0.210. The molecule has 0 aliphatic heterocycles. The fourth-order valence-corrected chi connectivity index (χ4v) is 5.99. The van der Waals surface area contributed by atoms with Gasteiger partial charge in [-0.25, -0.2) is 15.0 Å². The number of rotatable bonds is 5. The zero-order valence-corrected chi connectivity index (χ0v) is 24.8. The minimum atomic E-state index is 0.189. The molecule has 5 heteroatoms. The summed E-state index contributed by atoms with van der Waals surface area (Å²) in [5, 5.41) is 18.0. The maximum atomic E-state index is 8.83. The Morgan fingerprint density at radius 1 is 0.435 bits per heavy atom. The fourth-order valence-electron chi connectivity index (χ4n) is 5.99. The minimum absolute atomic E-state index is 0.189. The third kappa shape index (κ3) is 4.90. The minimum Gasteiger partial charge on any atom is -0.299 e. The molecule has 46 heavy (non-hydrogen) atoms. The molecule has 2 N–H and O–H groups in total. The molecule has 7 aromatic rings. The van der Waals surface area contributed by atoms with Gasteiger partial charge in [-0.05, 0) is 35.4 Å². The summed E-state index contributed by atoms with van der Waals surface area (Å²) in [6.07, 6.45) is 3.59. The molecule has 1 aliphatic carbocycles. The van der Waals surface area contributed by atoms with E-state index in [1.165, 1.54) is 0 Å². The largest absolute Gasteiger partial charge is 0.299 e. The second-order valence-corrected chi connectivity index (χ2v) is 11.2. The molecule has 2 heterocycles. The molecule has 216 valence electrons. The second kappa shape index (κ2) is 11.3. The van der Waals surface area contributed by atoms with E-state index in [1.807, 2.05) is 97.1 Å². The second-order valence-electron chi connectivity index (χ2n) is 11.2. The van der Waals surface area contributed by atoms with Crippen LogP contribution in [0.3, 0.4) is 0 Å². The van der Waals surface area contributed by atoms with Gasteiger partial charge < -0.3 is 0 Å². The van der Waals surface area contributed by atoms with Gasteiger partial charge in [-0.2, -0.15) is 0 Å². The summed E-state index contributed by atoms with van der Waals surface area (Å²) in [7, 11) is 0. The average Bonchev–Trinajstić information content (AvgIpc) is 3.13. The highest BCUT2D eigenvalue weighted by Gasteiger charge is 2.23. The molecule has 2 aromatic heterocycles. The van der Waals surface area contributed by atoms with Crippen LogP contribution in [0.2, 0.25) is 0 Å². The highest BCUT2D eigenvalue weighted by molar-refractivity contribution is 6.54. The van der Waals surface area contributed by atoms with Gasteiger partial charge in [0.1, 0.15) is 0 Å². The molecule has 0 atom stereocenters. The summed E-state index contributed by atoms with van der Waals surface area (Å²) in [6, 6.07) is 46.9. The predicted molar refractivity (Wildman–Crippen MR) is 188 cm³/mol. The summed E-state index contributed by atoms with van der Waals surface area (Å²) in [4.78, 5) is 15.2. The van der Waals surface area contributed by atoms with E-state index in [2.05, 4.69) is 48.5 Å². The van der Waals surface area contributed by atoms with E-state index in [1.54, 1.807) is 6.08 Å². The first-order valence-electron chi connectivity index (χ1n) is 15.1. The molecule has 0 fully saturated rings. The number of allylic oxidation sites excluding steroid dienone is 1. The molecular formula is C41H27N5. The normalized spacial score (nSPS) is 12.3. The molecule has 0 spiro atoms. The summed E-state index contributed by atoms with van der Waals surface area (Å²) in [5.41, 5.74) is 11.2. The third-order valence-corrected chi connectivity index (χ3v) is 8.35. The number of benzene rings is 5. The van der Waals surface area contributed by atoms with Crippen LogP contribution >= 0.6 is 0 Å². The van der Waals surface area contributed by atoms with Crippen LogP contribution in [0.1, 0.15) is 11.1 Å². The molecule has 5 aromatic carbocycles. The van der Waals surface area contributed by atoms with Crippen molar-refractivity contribution in [3.63, 3.8) is 0 Å². The summed E-state index contributed by atoms with van der Waals surface area (Å²) in [6.45, 7) is 0. The number of fused-ring (bicyclic) bond motifs is 3. The van der Waals surface area contributed by atoms with Crippen molar-refractivity contribution in [2.45, 2.75) is 0 Å². The average molecular weight is 590 g/mol. The molecule has 0 amide bonds. The number of hydrogen-bond donors (Lipinski definition) is 2. The van der Waals surface area contributed by atoms with Crippen LogP contribution in [0.4, 0.5) is 0 Å². The number of aromatic nitrogens is 3. The highest BCUT2D eigenvalue weighted by Crippen LogP contribution is 2.36. The number of pyridine rings is 1. The Hall–Kier alpha value is -6.33. The van der Waals surface area contributed by atoms with Gasteiger partial charge in [0, 0.05) is 38.8 Å². The molecule has 8 rings (SSSR count). The summed E-state index contributed by atoms with van der Waals surface area (Å²) in [5.74, 6) is 0.639. The first kappa shape index (κ1) is 27.2. The Balaban J connectivity index is 1.30. The van der Waals surface area contributed by atoms with Gasteiger partial charge in [-0.3, -0.25) is 10.8 Å². The predicted octanol–water partition coefficient (Wildman–Crippen LogP) is 9.77. The first-order valence-corrected chi connectivity index (χ1v) is 15.1. The number of nitrogens with zero attached hydrogens (tertiary/aromatic N) is 3. The van der Waals surface area contributed by atoms with Crippen molar-refractivity contribution < 1.29 is 0 Å². The highest BCUT2D eigenvalue weighted by atomic mass is 14.9. The SMILES string of the molecule is N=C1C=Cc2c(-c3ccccc3)nc3cc(-c4cc(-c5ccccc5)nc(-c5ccc(-c6ccccc6)cc5)n4)ccc3c2C1=N. The fraction of sp³-hybridized carbons (Fsp3) is 0. The van der Waals surface area contributed by atoms with E-state index < -0.39 is 0 Å². The first-order chi connectivity index (χ1) is 22.6. The maximum absolute atomic E-state index is 8.83. The van der Waals surface area contributed by atoms with Gasteiger partial charge in [-0.1, -0.05) is 127 Å². The summed E-state index contributed by atoms with van der Waals surface area (Å²) >= 11 is 0. The van der Waals surface area contributed by atoms with Crippen LogP contribution in [0, 0.1) is 10.8 Å². The van der Waals surface area contributed by atoms with Crippen LogP contribution in [-0.2, 0) is 0 Å². The Morgan fingerprint density at radius 3 is 1.65 bits per heavy atom. The third-order valence-electron chi connectivity index (χ3n) is 8.35. The molecule has 0 unspecified atom stereocenters. The van der Waals surface area contributed by atoms with Crippen molar-refractivity contribution in [1.82, 2.24) is 15.0 Å². The standard InChI is InChI=1S/C41H27N5/c42-34-23-22-33-38(39(34)43)32-21-20-31(24-37(32)44-40(33)29-14-8-3-9-15-29)36-25-35(28-12-6-2-7-13-28)45-41(46-36)30-18-16-27(17-19-30)26-10-4-1-5-11-26/h1-25,42-43H. The van der Waals surface area contributed by atoms with E-state index in [0.29, 0.717) is 5.82 Å². The van der Waals surface area contributed by atoms with Crippen molar-refractivity contribution in [2.24, 2.45) is 0 Å². The van der Waals surface area contributed by atoms with Gasteiger partial charge in [0.2, 0.25) is 0 Å². The van der Waals surface area contributed by atoms with Crippen LogP contribution in [0.25, 0.3) is 73.3 Å². The molecule has 0 saturated carbocycles. The topological polar surface area (TPSA) is 86.4 Å². The van der Waals surface area contributed by atoms with E-state index >= 15 is 0 Å². The van der Waals surface area contributed by atoms with Crippen molar-refractivity contribution in [3.05, 3.63) is 157 Å². The van der Waals surface area contributed by atoms with E-state index in [9.17, 15) is 0 Å². The van der Waals surface area contributed by atoms with Crippen LogP contribution in [-0.4, -0.2) is 26.4 Å². The van der Waals surface area contributed by atoms with Crippen LogP contribution < -0.4 is 0 Å². The monoisotopic (exact) mass is 589 g/mol. The summed E-state index contributed by atoms with van der Waals surface area (Å²) < 4.78 is 0. The number of hydrogen-bond acceptors (Lipinski definition) is 5. The number of nitrogens with one attached hydrogen (secondary N) is 2. The molecular weight excluding hydrogens is 562 g/mol. The lowest BCUT2D eigenvalue weighted by atomic mass is 9.87. The zero-order valence-electron chi connectivity index (χ0n) is 24.8. The van der Waals surface area contributed by atoms with Crippen LogP contribution in [0.5, 0.6) is 0 Å². The van der Waals surface area contributed by atoms with Crippen molar-refractivity contribution in [2.75, 3.05) is 0 Å². The lowest BCUT2D eigenvalue weighted by Gasteiger charge is -2.19. The Bertz CT molecular complexity index is 2310. The molecule has 5 nitrogen and oxygen atoms in total. The molecule has 0 radical (unpaired) electrons. The van der Waals surface area contributed by atoms with E-state index in [-0.39, 0.29) is 11.4 Å². The van der Waals surface area contributed by atoms with Gasteiger partial charge in [0.15, 0.2) is 5.82 Å². The van der Waals surface area contributed by atoms with Gasteiger partial charge in [0.25, 0.3) is 0 Å². The van der Waals surface area contributed by atoms with Crippen LogP contribution in [0.15, 0.2) is 146 Å². The Kier molecular flexibility index (Phi) is 6.69. The van der Waals surface area contributed by atoms with Crippen molar-refractivity contribution in [1.29, 1.82) is 10.8 Å². The molecule has 1 aliphatic rings. The van der Waals surface area contributed by atoms with E-state index in [0.717, 1.165) is 72.5 Å². The van der Waals surface area contributed by atoms with Gasteiger partial charge in [-0.15, -0.1) is 0 Å². The molecule has 0 saturated heterocycles. The van der Waals surface area contributed by atoms with Crippen molar-refractivity contribution in [3.8, 4) is 56.3 Å². The Morgan fingerprint density at radius 2 is 0.978 bits per heavy atom. The van der Waals surface area contributed by atoms with Crippen molar-refractivity contribution >= 4 is 28.4 Å². The van der Waals surface area contributed by atoms with E-state index in [4.69, 9.17) is 25.8 Å². The van der Waals surface area contributed by atoms with Gasteiger partial charge >= 0.3 is 0 Å². The van der Waals surface area contributed by atoms with Gasteiger partial charge in [0.05, 0.1) is 34.0 Å². The smallest absolute Gasteiger partial charge is 0.160 e. The lowest BCUT2D eigenvalue weighted by Crippen LogP contribution is -2.17. The Labute approximate surface area is 266 Å². The lowest BCUT2D eigenvalue weighted by molar-refractivity contribution is 1.18. The molecule has 0 bridgehead atoms. The zero-order chi connectivity index (χ0) is 31.0. The maximum Gasteiger partial charge on any atom is 0.160 e.